The van der Waals surface area contributed by atoms with Crippen molar-refractivity contribution in [2.75, 3.05) is 6.61 Å². The average molecular weight is 494 g/mol. The Kier molecular flexibility index (Phi) is 17.4. The summed E-state index contributed by atoms with van der Waals surface area (Å²) in [6, 6.07) is 3.86. The first kappa shape index (κ1) is 29.9. The fourth-order valence-electron chi connectivity index (χ4n) is 3.86. The second kappa shape index (κ2) is 17.5. The van der Waals surface area contributed by atoms with Gasteiger partial charge in [-0.1, -0.05) is 111 Å². The Morgan fingerprint density at radius 3 is 1.60 bits per heavy atom. The van der Waals surface area contributed by atoms with E-state index in [0.717, 1.165) is 24.3 Å². The standard InChI is InChI=1S/C27H48O2.Y/c1-6-7-8-9-10-11-12-13-14-15-16-17-18-19-20-29-26-22-25(28)23(2)21-24(26)27(3,4)5;/h21-22,28H,6-20H2,1-5H3;. The monoisotopic (exact) mass is 493 g/mol. The van der Waals surface area contributed by atoms with Crippen LogP contribution in [0.4, 0.5) is 0 Å². The van der Waals surface area contributed by atoms with Gasteiger partial charge in [0.25, 0.3) is 0 Å². The Morgan fingerprint density at radius 2 is 1.17 bits per heavy atom. The van der Waals surface area contributed by atoms with Crippen molar-refractivity contribution in [2.24, 2.45) is 0 Å². The Balaban J connectivity index is 0.00000841. The largest absolute Gasteiger partial charge is 0.508 e. The van der Waals surface area contributed by atoms with Crippen molar-refractivity contribution in [1.82, 2.24) is 0 Å². The second-order valence-electron chi connectivity index (χ2n) is 9.83. The van der Waals surface area contributed by atoms with Crippen LogP contribution in [-0.4, -0.2) is 11.7 Å². The molecular weight excluding hydrogens is 445 g/mol. The van der Waals surface area contributed by atoms with Gasteiger partial charge in [-0.05, 0) is 30.4 Å². The number of benzene rings is 1. The van der Waals surface area contributed by atoms with Crippen LogP contribution in [0, 0.1) is 6.92 Å². The van der Waals surface area contributed by atoms with E-state index in [9.17, 15) is 5.11 Å². The van der Waals surface area contributed by atoms with Gasteiger partial charge in [0.2, 0.25) is 0 Å². The normalized spacial score (nSPS) is 11.4. The third kappa shape index (κ3) is 13.4. The number of phenols is 1. The third-order valence-electron chi connectivity index (χ3n) is 5.86. The fraction of sp³-hybridized carbons (Fsp3) is 0.778. The molecule has 1 radical (unpaired) electrons. The van der Waals surface area contributed by atoms with Gasteiger partial charge in [-0.2, -0.15) is 0 Å². The number of unbranched alkanes of at least 4 members (excludes halogenated alkanes) is 13. The summed E-state index contributed by atoms with van der Waals surface area (Å²) in [5, 5.41) is 10.0. The Hall–Kier alpha value is -0.0761. The van der Waals surface area contributed by atoms with Gasteiger partial charge in [0, 0.05) is 44.3 Å². The van der Waals surface area contributed by atoms with E-state index in [0.29, 0.717) is 5.75 Å². The van der Waals surface area contributed by atoms with E-state index >= 15 is 0 Å². The molecule has 1 aromatic rings. The smallest absolute Gasteiger partial charge is 0.126 e. The Morgan fingerprint density at radius 1 is 0.733 bits per heavy atom. The van der Waals surface area contributed by atoms with Gasteiger partial charge in [-0.15, -0.1) is 0 Å². The molecule has 0 aliphatic carbocycles. The summed E-state index contributed by atoms with van der Waals surface area (Å²) in [5.41, 5.74) is 2.11. The summed E-state index contributed by atoms with van der Waals surface area (Å²) in [5.74, 6) is 1.17. The Labute approximate surface area is 212 Å². The van der Waals surface area contributed by atoms with E-state index in [2.05, 4.69) is 33.8 Å². The minimum absolute atomic E-state index is 0. The molecule has 1 aromatic carbocycles. The SMILES string of the molecule is CCCCCCCCCCCCCCCCOc1cc(O)c(C)cc1C(C)(C)C.[Y]. The predicted molar refractivity (Wildman–Crippen MR) is 127 cm³/mol. The van der Waals surface area contributed by atoms with Crippen LogP contribution in [0.2, 0.25) is 0 Å². The number of aromatic hydroxyl groups is 1. The average Bonchev–Trinajstić information content (AvgIpc) is 2.66. The molecule has 2 nitrogen and oxygen atoms in total. The van der Waals surface area contributed by atoms with Crippen molar-refractivity contribution >= 4 is 0 Å². The molecule has 0 saturated heterocycles. The molecule has 0 atom stereocenters. The number of rotatable bonds is 16. The molecule has 0 spiro atoms. The van der Waals surface area contributed by atoms with Crippen LogP contribution in [0.3, 0.4) is 0 Å². The fourth-order valence-corrected chi connectivity index (χ4v) is 3.86. The van der Waals surface area contributed by atoms with Gasteiger partial charge in [0.15, 0.2) is 0 Å². The van der Waals surface area contributed by atoms with Crippen molar-refractivity contribution in [2.45, 2.75) is 130 Å². The zero-order valence-electron chi connectivity index (χ0n) is 20.7. The second-order valence-corrected chi connectivity index (χ2v) is 9.83. The van der Waals surface area contributed by atoms with Gasteiger partial charge in [0.1, 0.15) is 11.5 Å². The van der Waals surface area contributed by atoms with Crippen LogP contribution in [0.1, 0.15) is 129 Å². The minimum Gasteiger partial charge on any atom is -0.508 e. The number of ether oxygens (including phenoxy) is 1. The van der Waals surface area contributed by atoms with E-state index in [-0.39, 0.29) is 38.1 Å². The summed E-state index contributed by atoms with van der Waals surface area (Å²) < 4.78 is 6.05. The quantitative estimate of drug-likeness (QED) is 0.233. The number of hydrogen-bond donors (Lipinski definition) is 1. The van der Waals surface area contributed by atoms with Gasteiger partial charge < -0.3 is 9.84 Å². The van der Waals surface area contributed by atoms with E-state index in [1.54, 1.807) is 6.07 Å². The van der Waals surface area contributed by atoms with Crippen LogP contribution in [-0.2, 0) is 38.1 Å². The first-order chi connectivity index (χ1) is 13.9. The van der Waals surface area contributed by atoms with Crippen molar-refractivity contribution in [1.29, 1.82) is 0 Å². The number of aryl methyl sites for hydroxylation is 1. The van der Waals surface area contributed by atoms with Gasteiger partial charge in [0.05, 0.1) is 6.61 Å². The molecule has 0 aliphatic heterocycles. The third-order valence-corrected chi connectivity index (χ3v) is 5.86. The molecule has 0 aromatic heterocycles. The molecule has 0 amide bonds. The first-order valence-electron chi connectivity index (χ1n) is 12.3. The number of phenolic OH excluding ortho intramolecular Hbond substituents is 1. The molecule has 0 saturated carbocycles. The van der Waals surface area contributed by atoms with Gasteiger partial charge in [-0.25, -0.2) is 0 Å². The molecule has 0 heterocycles. The van der Waals surface area contributed by atoms with Crippen LogP contribution in [0.15, 0.2) is 12.1 Å². The molecule has 0 fully saturated rings. The molecule has 0 unspecified atom stereocenters. The van der Waals surface area contributed by atoms with Crippen molar-refractivity contribution in [3.63, 3.8) is 0 Å². The Bertz CT molecular complexity index is 549. The van der Waals surface area contributed by atoms with Crippen molar-refractivity contribution in [3.8, 4) is 11.5 Å². The maximum absolute atomic E-state index is 10.0. The summed E-state index contributed by atoms with van der Waals surface area (Å²) in [6.07, 6.45) is 19.1. The van der Waals surface area contributed by atoms with E-state index in [1.807, 2.05) is 6.92 Å². The minimum atomic E-state index is 0. The van der Waals surface area contributed by atoms with Gasteiger partial charge >= 0.3 is 0 Å². The summed E-state index contributed by atoms with van der Waals surface area (Å²) in [7, 11) is 0. The zero-order valence-corrected chi connectivity index (χ0v) is 23.5. The van der Waals surface area contributed by atoms with Crippen LogP contribution >= 0.6 is 0 Å². The maximum Gasteiger partial charge on any atom is 0.126 e. The van der Waals surface area contributed by atoms with E-state index in [1.165, 1.54) is 89.0 Å². The first-order valence-corrected chi connectivity index (χ1v) is 12.3. The molecule has 30 heavy (non-hydrogen) atoms. The van der Waals surface area contributed by atoms with Crippen molar-refractivity contribution in [3.05, 3.63) is 23.3 Å². The molecule has 171 valence electrons. The molecule has 0 aliphatic rings. The summed E-state index contributed by atoms with van der Waals surface area (Å²) >= 11 is 0. The van der Waals surface area contributed by atoms with E-state index in [4.69, 9.17) is 4.74 Å². The van der Waals surface area contributed by atoms with Crippen molar-refractivity contribution < 1.29 is 42.6 Å². The molecule has 1 N–H and O–H groups in total. The summed E-state index contributed by atoms with van der Waals surface area (Å²) in [6.45, 7) is 11.5. The topological polar surface area (TPSA) is 29.5 Å². The molecule has 3 heteroatoms. The zero-order chi connectivity index (χ0) is 21.5. The predicted octanol–water partition coefficient (Wildman–Crippen LogP) is 8.86. The molecule has 0 bridgehead atoms. The van der Waals surface area contributed by atoms with E-state index < -0.39 is 0 Å². The van der Waals surface area contributed by atoms with Gasteiger partial charge in [-0.3, -0.25) is 0 Å². The van der Waals surface area contributed by atoms with Crippen LogP contribution in [0.5, 0.6) is 11.5 Å². The number of hydrogen-bond acceptors (Lipinski definition) is 2. The molecule has 1 rings (SSSR count). The molecular formula is C27H48O2Y. The summed E-state index contributed by atoms with van der Waals surface area (Å²) in [4.78, 5) is 0. The van der Waals surface area contributed by atoms with Crippen LogP contribution in [0.25, 0.3) is 0 Å². The van der Waals surface area contributed by atoms with Crippen LogP contribution < -0.4 is 4.74 Å². The maximum atomic E-state index is 10.0.